The molecule has 1 N–H and O–H groups in total. The van der Waals surface area contributed by atoms with Gasteiger partial charge in [0.1, 0.15) is 12.3 Å². The van der Waals surface area contributed by atoms with Crippen LogP contribution in [-0.4, -0.2) is 46.8 Å². The third-order valence-corrected chi connectivity index (χ3v) is 7.35. The molecule has 34 heavy (non-hydrogen) atoms. The number of ether oxygens (including phenoxy) is 1. The number of anilines is 2. The van der Waals surface area contributed by atoms with Crippen LogP contribution in [0.4, 0.5) is 11.4 Å². The average molecular weight is 488 g/mol. The average Bonchev–Trinajstić information content (AvgIpc) is 2.81. The lowest BCUT2D eigenvalue weighted by atomic mass is 9.98. The van der Waals surface area contributed by atoms with Crippen molar-refractivity contribution in [2.24, 2.45) is 5.92 Å². The minimum absolute atomic E-state index is 0.242. The number of carbonyl (C=O) groups is 1. The molecule has 1 heterocycles. The Labute approximate surface area is 204 Å². The first-order valence-electron chi connectivity index (χ1n) is 12.0. The van der Waals surface area contributed by atoms with Crippen molar-refractivity contribution in [3.63, 3.8) is 0 Å². The molecule has 1 atom stereocenters. The van der Waals surface area contributed by atoms with Crippen LogP contribution in [0, 0.1) is 5.92 Å². The number of sulfonamides is 1. The fourth-order valence-corrected chi connectivity index (χ4v) is 4.93. The predicted molar refractivity (Wildman–Crippen MR) is 138 cm³/mol. The van der Waals surface area contributed by atoms with Gasteiger partial charge in [-0.05, 0) is 74.1 Å². The lowest BCUT2D eigenvalue weighted by Crippen LogP contribution is -2.41. The molecule has 3 rings (SSSR count). The van der Waals surface area contributed by atoms with E-state index in [-0.39, 0.29) is 18.5 Å². The highest BCUT2D eigenvalue weighted by atomic mass is 32.2. The van der Waals surface area contributed by atoms with E-state index in [2.05, 4.69) is 29.3 Å². The molecule has 1 saturated heterocycles. The maximum Gasteiger partial charge on any atom is 0.241 e. The van der Waals surface area contributed by atoms with E-state index < -0.39 is 10.0 Å². The third kappa shape index (κ3) is 7.13. The zero-order valence-corrected chi connectivity index (χ0v) is 21.5. The molecule has 0 aromatic heterocycles. The van der Waals surface area contributed by atoms with E-state index >= 15 is 0 Å². The van der Waals surface area contributed by atoms with Crippen molar-refractivity contribution in [3.8, 4) is 5.75 Å². The normalized spacial score (nSPS) is 15.6. The molecule has 0 bridgehead atoms. The molecule has 0 radical (unpaired) electrons. The highest BCUT2D eigenvalue weighted by molar-refractivity contribution is 7.92. The largest absolute Gasteiger partial charge is 0.494 e. The van der Waals surface area contributed by atoms with E-state index in [1.54, 1.807) is 24.3 Å². The maximum absolute atomic E-state index is 12.8. The van der Waals surface area contributed by atoms with Crippen molar-refractivity contribution in [3.05, 3.63) is 54.1 Å². The summed E-state index contributed by atoms with van der Waals surface area (Å²) in [6.45, 7) is 8.66. The lowest BCUT2D eigenvalue weighted by Gasteiger charge is -2.32. The van der Waals surface area contributed by atoms with Crippen LogP contribution in [-0.2, 0) is 14.8 Å². The van der Waals surface area contributed by atoms with Crippen LogP contribution < -0.4 is 19.3 Å². The molecule has 7 nitrogen and oxygen atoms in total. The van der Waals surface area contributed by atoms with Gasteiger partial charge >= 0.3 is 0 Å². The van der Waals surface area contributed by atoms with E-state index in [1.165, 1.54) is 18.5 Å². The van der Waals surface area contributed by atoms with Crippen molar-refractivity contribution >= 4 is 27.3 Å². The van der Waals surface area contributed by atoms with Gasteiger partial charge in [0.25, 0.3) is 0 Å². The molecule has 1 aliphatic rings. The Kier molecular flexibility index (Phi) is 8.83. The van der Waals surface area contributed by atoms with E-state index in [4.69, 9.17) is 4.74 Å². The Hall–Kier alpha value is -2.74. The minimum Gasteiger partial charge on any atom is -0.494 e. The fourth-order valence-electron chi connectivity index (χ4n) is 4.07. The number of hydrogen-bond acceptors (Lipinski definition) is 5. The predicted octanol–water partition coefficient (Wildman–Crippen LogP) is 4.36. The van der Waals surface area contributed by atoms with Gasteiger partial charge in [-0.15, -0.1) is 0 Å². The molecule has 1 amide bonds. The molecule has 0 saturated carbocycles. The summed E-state index contributed by atoms with van der Waals surface area (Å²) in [7, 11) is -3.64. The molecular formula is C26H37N3O4S. The molecule has 8 heteroatoms. The topological polar surface area (TPSA) is 79.0 Å². The van der Waals surface area contributed by atoms with Gasteiger partial charge in [0.2, 0.25) is 15.9 Å². The van der Waals surface area contributed by atoms with Crippen molar-refractivity contribution in [2.45, 2.75) is 46.1 Å². The molecular weight excluding hydrogens is 450 g/mol. The summed E-state index contributed by atoms with van der Waals surface area (Å²) >= 11 is 0. The van der Waals surface area contributed by atoms with E-state index in [0.717, 1.165) is 41.6 Å². The first-order chi connectivity index (χ1) is 16.2. The van der Waals surface area contributed by atoms with Crippen LogP contribution in [0.3, 0.4) is 0 Å². The van der Waals surface area contributed by atoms with Gasteiger partial charge in [-0.2, -0.15) is 0 Å². The first kappa shape index (κ1) is 25.9. The first-order valence-corrected chi connectivity index (χ1v) is 13.9. The number of rotatable bonds is 10. The molecule has 2 aromatic rings. The highest BCUT2D eigenvalue weighted by Crippen LogP contribution is 2.25. The number of carbonyl (C=O) groups excluding carboxylic acids is 1. The Bertz CT molecular complexity index is 1030. The Morgan fingerprint density at radius 1 is 1.12 bits per heavy atom. The fraction of sp³-hybridized carbons (Fsp3) is 0.500. The lowest BCUT2D eigenvalue weighted by molar-refractivity contribution is -0.120. The van der Waals surface area contributed by atoms with Crippen LogP contribution in [0.25, 0.3) is 0 Å². The van der Waals surface area contributed by atoms with Gasteiger partial charge in [-0.25, -0.2) is 8.42 Å². The van der Waals surface area contributed by atoms with Gasteiger partial charge < -0.3 is 15.0 Å². The SMILES string of the molecule is CCCOc1ccc(N(CC(=O)NC(C)c2ccc(N3CCC(C)CC3)cc2)S(C)(=O)=O)cc1. The molecule has 186 valence electrons. The maximum atomic E-state index is 12.8. The minimum atomic E-state index is -3.64. The van der Waals surface area contributed by atoms with Crippen LogP contribution in [0.1, 0.15) is 51.6 Å². The summed E-state index contributed by atoms with van der Waals surface area (Å²) < 4.78 is 31.5. The van der Waals surface area contributed by atoms with Gasteiger partial charge in [0.05, 0.1) is 24.6 Å². The van der Waals surface area contributed by atoms with Crippen molar-refractivity contribution in [1.82, 2.24) is 5.32 Å². The quantitative estimate of drug-likeness (QED) is 0.539. The second kappa shape index (κ2) is 11.6. The molecule has 1 unspecified atom stereocenters. The third-order valence-electron chi connectivity index (χ3n) is 6.20. The smallest absolute Gasteiger partial charge is 0.241 e. The summed E-state index contributed by atoms with van der Waals surface area (Å²) in [6.07, 6.45) is 4.40. The number of benzene rings is 2. The van der Waals surface area contributed by atoms with E-state index in [1.807, 2.05) is 26.0 Å². The highest BCUT2D eigenvalue weighted by Gasteiger charge is 2.22. The standard InChI is InChI=1S/C26H37N3O4S/c1-5-18-33-25-12-10-24(11-13-25)29(34(4,31)32)19-26(30)27-21(3)22-6-8-23(9-7-22)28-16-14-20(2)15-17-28/h6-13,20-21H,5,14-19H2,1-4H3,(H,27,30). The number of nitrogens with one attached hydrogen (secondary N) is 1. The summed E-state index contributed by atoms with van der Waals surface area (Å²) in [4.78, 5) is 15.2. The van der Waals surface area contributed by atoms with Crippen LogP contribution in [0.5, 0.6) is 5.75 Å². The molecule has 1 aliphatic heterocycles. The Balaban J connectivity index is 1.61. The second-order valence-corrected chi connectivity index (χ2v) is 11.1. The monoisotopic (exact) mass is 487 g/mol. The molecule has 0 spiro atoms. The van der Waals surface area contributed by atoms with Crippen molar-refractivity contribution in [1.29, 1.82) is 0 Å². The number of piperidine rings is 1. The van der Waals surface area contributed by atoms with Crippen molar-refractivity contribution in [2.75, 3.05) is 41.7 Å². The zero-order valence-electron chi connectivity index (χ0n) is 20.7. The summed E-state index contributed by atoms with van der Waals surface area (Å²) in [5.41, 5.74) is 2.60. The van der Waals surface area contributed by atoms with E-state index in [9.17, 15) is 13.2 Å². The van der Waals surface area contributed by atoms with Gasteiger partial charge in [-0.1, -0.05) is 26.0 Å². The van der Waals surface area contributed by atoms with Crippen molar-refractivity contribution < 1.29 is 17.9 Å². The van der Waals surface area contributed by atoms with Gasteiger partial charge in [-0.3, -0.25) is 9.10 Å². The van der Waals surface area contributed by atoms with Crippen LogP contribution in [0.2, 0.25) is 0 Å². The Morgan fingerprint density at radius 3 is 2.29 bits per heavy atom. The zero-order chi connectivity index (χ0) is 24.7. The number of amides is 1. The summed E-state index contributed by atoms with van der Waals surface area (Å²) in [5.74, 6) is 1.09. The molecule has 1 fully saturated rings. The summed E-state index contributed by atoms with van der Waals surface area (Å²) in [5, 5.41) is 2.93. The van der Waals surface area contributed by atoms with Crippen LogP contribution >= 0.6 is 0 Å². The second-order valence-electron chi connectivity index (χ2n) is 9.16. The summed E-state index contributed by atoms with van der Waals surface area (Å²) in [6, 6.07) is 14.8. The Morgan fingerprint density at radius 2 is 1.74 bits per heavy atom. The van der Waals surface area contributed by atoms with E-state index in [0.29, 0.717) is 18.0 Å². The number of nitrogens with zero attached hydrogens (tertiary/aromatic N) is 2. The molecule has 2 aromatic carbocycles. The van der Waals surface area contributed by atoms with Gasteiger partial charge in [0, 0.05) is 18.8 Å². The van der Waals surface area contributed by atoms with Gasteiger partial charge in [0.15, 0.2) is 0 Å². The van der Waals surface area contributed by atoms with Crippen LogP contribution in [0.15, 0.2) is 48.5 Å². The molecule has 0 aliphatic carbocycles. The number of hydrogen-bond donors (Lipinski definition) is 1.